The standard InChI is InChI=1S/C17H26N2/c1-14-5-3-6-15(11-14)12-19-10-4-9-18-17(2,13-19)16-7-8-16/h3,5-6,11,16,18H,4,7-10,12-13H2,1-2H3. The number of hydrogen-bond acceptors (Lipinski definition) is 2. The summed E-state index contributed by atoms with van der Waals surface area (Å²) in [5.41, 5.74) is 3.18. The molecule has 1 saturated heterocycles. The summed E-state index contributed by atoms with van der Waals surface area (Å²) in [6, 6.07) is 8.95. The van der Waals surface area contributed by atoms with Gasteiger partial charge in [-0.15, -0.1) is 0 Å². The van der Waals surface area contributed by atoms with E-state index >= 15 is 0 Å². The highest BCUT2D eigenvalue weighted by Gasteiger charge is 2.42. The minimum atomic E-state index is 0.348. The summed E-state index contributed by atoms with van der Waals surface area (Å²) in [5, 5.41) is 3.81. The summed E-state index contributed by atoms with van der Waals surface area (Å²) in [7, 11) is 0. The van der Waals surface area contributed by atoms with Crippen LogP contribution in [-0.2, 0) is 6.54 Å². The van der Waals surface area contributed by atoms with Crippen molar-refractivity contribution in [3.63, 3.8) is 0 Å². The monoisotopic (exact) mass is 258 g/mol. The molecule has 19 heavy (non-hydrogen) atoms. The normalized spacial score (nSPS) is 29.2. The van der Waals surface area contributed by atoms with Crippen LogP contribution in [0.15, 0.2) is 24.3 Å². The van der Waals surface area contributed by atoms with Crippen molar-refractivity contribution in [2.45, 2.75) is 45.2 Å². The maximum Gasteiger partial charge on any atom is 0.0308 e. The SMILES string of the molecule is Cc1cccc(CN2CCCNC(C)(C3CC3)C2)c1. The average molecular weight is 258 g/mol. The van der Waals surface area contributed by atoms with Crippen LogP contribution < -0.4 is 5.32 Å². The van der Waals surface area contributed by atoms with E-state index in [4.69, 9.17) is 0 Å². The lowest BCUT2D eigenvalue weighted by atomic mass is 9.95. The van der Waals surface area contributed by atoms with Crippen LogP contribution >= 0.6 is 0 Å². The third-order valence-electron chi connectivity index (χ3n) is 4.70. The number of hydrogen-bond donors (Lipinski definition) is 1. The second-order valence-electron chi connectivity index (χ2n) is 6.67. The van der Waals surface area contributed by atoms with Crippen LogP contribution in [0.25, 0.3) is 0 Å². The summed E-state index contributed by atoms with van der Waals surface area (Å²) in [6.07, 6.45) is 4.11. The molecule has 1 saturated carbocycles. The maximum absolute atomic E-state index is 3.81. The Bertz CT molecular complexity index is 439. The van der Waals surface area contributed by atoms with Crippen molar-refractivity contribution >= 4 is 0 Å². The predicted molar refractivity (Wildman–Crippen MR) is 80.2 cm³/mol. The molecule has 1 unspecified atom stereocenters. The first-order valence-electron chi connectivity index (χ1n) is 7.69. The molecule has 0 aromatic heterocycles. The molecule has 1 aliphatic heterocycles. The Labute approximate surface area is 117 Å². The van der Waals surface area contributed by atoms with Gasteiger partial charge in [0.15, 0.2) is 0 Å². The Balaban J connectivity index is 1.69. The van der Waals surface area contributed by atoms with Gasteiger partial charge in [-0.1, -0.05) is 29.8 Å². The molecule has 1 atom stereocenters. The topological polar surface area (TPSA) is 15.3 Å². The Morgan fingerprint density at radius 1 is 1.37 bits per heavy atom. The zero-order valence-electron chi connectivity index (χ0n) is 12.3. The van der Waals surface area contributed by atoms with E-state index in [0.717, 1.165) is 12.5 Å². The number of nitrogens with one attached hydrogen (secondary N) is 1. The van der Waals surface area contributed by atoms with Crippen molar-refractivity contribution in [1.82, 2.24) is 10.2 Å². The molecular weight excluding hydrogens is 232 g/mol. The van der Waals surface area contributed by atoms with Crippen molar-refractivity contribution in [3.8, 4) is 0 Å². The molecule has 1 N–H and O–H groups in total. The quantitative estimate of drug-likeness (QED) is 0.896. The number of rotatable bonds is 3. The fourth-order valence-corrected chi connectivity index (χ4v) is 3.47. The van der Waals surface area contributed by atoms with Crippen LogP contribution in [0, 0.1) is 12.8 Å². The first-order chi connectivity index (χ1) is 9.16. The lowest BCUT2D eigenvalue weighted by Crippen LogP contribution is -2.50. The fraction of sp³-hybridized carbons (Fsp3) is 0.647. The molecule has 1 aliphatic carbocycles. The van der Waals surface area contributed by atoms with Crippen LogP contribution in [0.3, 0.4) is 0 Å². The first kappa shape index (κ1) is 13.1. The highest BCUT2D eigenvalue weighted by Crippen LogP contribution is 2.40. The van der Waals surface area contributed by atoms with Crippen LogP contribution in [0.4, 0.5) is 0 Å². The predicted octanol–water partition coefficient (Wildman–Crippen LogP) is 2.96. The molecule has 0 bridgehead atoms. The number of nitrogens with zero attached hydrogens (tertiary/aromatic N) is 1. The van der Waals surface area contributed by atoms with Gasteiger partial charge in [-0.3, -0.25) is 4.90 Å². The van der Waals surface area contributed by atoms with E-state index in [1.165, 1.54) is 50.0 Å². The van der Waals surface area contributed by atoms with E-state index in [2.05, 4.69) is 48.3 Å². The average Bonchev–Trinajstić information content (AvgIpc) is 3.17. The lowest BCUT2D eigenvalue weighted by Gasteiger charge is -2.34. The van der Waals surface area contributed by atoms with E-state index in [1.807, 2.05) is 0 Å². The van der Waals surface area contributed by atoms with E-state index in [-0.39, 0.29) is 0 Å². The molecule has 3 rings (SSSR count). The smallest absolute Gasteiger partial charge is 0.0308 e. The fourth-order valence-electron chi connectivity index (χ4n) is 3.47. The van der Waals surface area contributed by atoms with E-state index in [0.29, 0.717) is 5.54 Å². The van der Waals surface area contributed by atoms with Crippen molar-refractivity contribution < 1.29 is 0 Å². The van der Waals surface area contributed by atoms with Gasteiger partial charge in [-0.2, -0.15) is 0 Å². The number of benzene rings is 1. The van der Waals surface area contributed by atoms with Crippen LogP contribution in [0.2, 0.25) is 0 Å². The molecule has 2 fully saturated rings. The molecule has 2 nitrogen and oxygen atoms in total. The van der Waals surface area contributed by atoms with Gasteiger partial charge in [0.05, 0.1) is 0 Å². The summed E-state index contributed by atoms with van der Waals surface area (Å²) >= 11 is 0. The third kappa shape index (κ3) is 3.18. The Hall–Kier alpha value is -0.860. The minimum absolute atomic E-state index is 0.348. The van der Waals surface area contributed by atoms with Crippen molar-refractivity contribution in [3.05, 3.63) is 35.4 Å². The minimum Gasteiger partial charge on any atom is -0.310 e. The third-order valence-corrected chi connectivity index (χ3v) is 4.70. The Morgan fingerprint density at radius 2 is 2.21 bits per heavy atom. The summed E-state index contributed by atoms with van der Waals surface area (Å²) in [5.74, 6) is 0.908. The van der Waals surface area contributed by atoms with E-state index < -0.39 is 0 Å². The van der Waals surface area contributed by atoms with Crippen molar-refractivity contribution in [1.29, 1.82) is 0 Å². The van der Waals surface area contributed by atoms with E-state index in [9.17, 15) is 0 Å². The molecule has 0 radical (unpaired) electrons. The van der Waals surface area contributed by atoms with Gasteiger partial charge in [0, 0.05) is 18.6 Å². The largest absolute Gasteiger partial charge is 0.310 e. The van der Waals surface area contributed by atoms with Gasteiger partial charge >= 0.3 is 0 Å². The first-order valence-corrected chi connectivity index (χ1v) is 7.69. The second-order valence-corrected chi connectivity index (χ2v) is 6.67. The van der Waals surface area contributed by atoms with Crippen molar-refractivity contribution in [2.24, 2.45) is 5.92 Å². The highest BCUT2D eigenvalue weighted by molar-refractivity contribution is 5.22. The molecule has 2 heteroatoms. The van der Waals surface area contributed by atoms with Gasteiger partial charge in [0.2, 0.25) is 0 Å². The molecule has 0 spiro atoms. The van der Waals surface area contributed by atoms with Gasteiger partial charge in [0.25, 0.3) is 0 Å². The zero-order chi connectivity index (χ0) is 13.3. The Morgan fingerprint density at radius 3 is 2.95 bits per heavy atom. The summed E-state index contributed by atoms with van der Waals surface area (Å²) < 4.78 is 0. The summed E-state index contributed by atoms with van der Waals surface area (Å²) in [6.45, 7) is 9.32. The van der Waals surface area contributed by atoms with Crippen molar-refractivity contribution in [2.75, 3.05) is 19.6 Å². The Kier molecular flexibility index (Phi) is 3.64. The molecule has 0 amide bonds. The number of aryl methyl sites for hydroxylation is 1. The van der Waals surface area contributed by atoms with E-state index in [1.54, 1.807) is 0 Å². The van der Waals surface area contributed by atoms with Gasteiger partial charge < -0.3 is 5.32 Å². The molecular formula is C17H26N2. The molecule has 1 heterocycles. The van der Waals surface area contributed by atoms with Crippen LogP contribution in [0.1, 0.15) is 37.3 Å². The zero-order valence-corrected chi connectivity index (χ0v) is 12.3. The molecule has 104 valence electrons. The highest BCUT2D eigenvalue weighted by atomic mass is 15.2. The molecule has 2 aliphatic rings. The van der Waals surface area contributed by atoms with Gasteiger partial charge in [-0.25, -0.2) is 0 Å². The second kappa shape index (κ2) is 5.26. The van der Waals surface area contributed by atoms with Gasteiger partial charge in [-0.05, 0) is 57.7 Å². The summed E-state index contributed by atoms with van der Waals surface area (Å²) in [4.78, 5) is 2.65. The van der Waals surface area contributed by atoms with Gasteiger partial charge in [0.1, 0.15) is 0 Å². The maximum atomic E-state index is 3.81. The van der Waals surface area contributed by atoms with Crippen LogP contribution in [-0.4, -0.2) is 30.1 Å². The molecule has 1 aromatic rings. The van der Waals surface area contributed by atoms with Crippen LogP contribution in [0.5, 0.6) is 0 Å². The lowest BCUT2D eigenvalue weighted by molar-refractivity contribution is 0.195. The molecule has 1 aromatic carbocycles.